The lowest BCUT2D eigenvalue weighted by Gasteiger charge is -2.12. The van der Waals surface area contributed by atoms with E-state index in [4.69, 9.17) is 4.74 Å². The molecular weight excluding hydrogens is 328 g/mol. The SMILES string of the molecule is C=CCNC(=O)c1ccccc1NC(=O)CCOc1cccc(C)c1C. The summed E-state index contributed by atoms with van der Waals surface area (Å²) in [5.74, 6) is 0.314. The number of hydrogen-bond donors (Lipinski definition) is 2. The highest BCUT2D eigenvalue weighted by Crippen LogP contribution is 2.21. The zero-order valence-corrected chi connectivity index (χ0v) is 15.2. The molecule has 0 aromatic heterocycles. The van der Waals surface area contributed by atoms with E-state index < -0.39 is 0 Å². The molecule has 0 unspecified atom stereocenters. The van der Waals surface area contributed by atoms with Crippen LogP contribution in [0.1, 0.15) is 27.9 Å². The van der Waals surface area contributed by atoms with Crippen LogP contribution < -0.4 is 15.4 Å². The van der Waals surface area contributed by atoms with Gasteiger partial charge >= 0.3 is 0 Å². The molecule has 5 heteroatoms. The summed E-state index contributed by atoms with van der Waals surface area (Å²) in [4.78, 5) is 24.3. The van der Waals surface area contributed by atoms with E-state index in [1.165, 1.54) is 0 Å². The third kappa shape index (κ3) is 5.21. The first kappa shape index (κ1) is 19.2. The maximum atomic E-state index is 12.2. The molecule has 2 amide bonds. The van der Waals surface area contributed by atoms with Crippen LogP contribution in [-0.4, -0.2) is 25.0 Å². The predicted octanol–water partition coefficient (Wildman–Crippen LogP) is 3.63. The minimum absolute atomic E-state index is 0.190. The van der Waals surface area contributed by atoms with Crippen LogP contribution in [0, 0.1) is 13.8 Å². The number of carbonyl (C=O) groups excluding carboxylic acids is 2. The molecule has 0 aliphatic rings. The van der Waals surface area contributed by atoms with Gasteiger partial charge in [-0.25, -0.2) is 0 Å². The van der Waals surface area contributed by atoms with Gasteiger partial charge in [0.05, 0.1) is 24.3 Å². The second-order valence-corrected chi connectivity index (χ2v) is 5.89. The van der Waals surface area contributed by atoms with Crippen molar-refractivity contribution < 1.29 is 14.3 Å². The summed E-state index contributed by atoms with van der Waals surface area (Å²) in [6, 6.07) is 12.7. The van der Waals surface area contributed by atoms with Gasteiger partial charge in [-0.2, -0.15) is 0 Å². The van der Waals surface area contributed by atoms with Gasteiger partial charge in [0, 0.05) is 6.54 Å². The number of amides is 2. The molecule has 2 aromatic carbocycles. The number of rotatable bonds is 8. The maximum Gasteiger partial charge on any atom is 0.253 e. The van der Waals surface area contributed by atoms with E-state index >= 15 is 0 Å². The molecule has 2 N–H and O–H groups in total. The van der Waals surface area contributed by atoms with Crippen LogP contribution in [0.5, 0.6) is 5.75 Å². The van der Waals surface area contributed by atoms with Crippen molar-refractivity contribution >= 4 is 17.5 Å². The number of benzene rings is 2. The highest BCUT2D eigenvalue weighted by Gasteiger charge is 2.12. The Kier molecular flexibility index (Phi) is 6.97. The van der Waals surface area contributed by atoms with E-state index in [-0.39, 0.29) is 24.8 Å². The van der Waals surface area contributed by atoms with Gasteiger partial charge in [-0.15, -0.1) is 6.58 Å². The number of hydrogen-bond acceptors (Lipinski definition) is 3. The summed E-state index contributed by atoms with van der Waals surface area (Å²) in [6.45, 7) is 8.21. The smallest absolute Gasteiger partial charge is 0.253 e. The zero-order valence-electron chi connectivity index (χ0n) is 15.2. The van der Waals surface area contributed by atoms with Crippen LogP contribution in [0.4, 0.5) is 5.69 Å². The zero-order chi connectivity index (χ0) is 18.9. The average Bonchev–Trinajstić information content (AvgIpc) is 2.63. The Labute approximate surface area is 154 Å². The molecule has 0 radical (unpaired) electrons. The Hall–Kier alpha value is -3.08. The number of nitrogens with one attached hydrogen (secondary N) is 2. The monoisotopic (exact) mass is 352 g/mol. The van der Waals surface area contributed by atoms with E-state index in [0.717, 1.165) is 16.9 Å². The number of anilines is 1. The van der Waals surface area contributed by atoms with Gasteiger partial charge in [0.25, 0.3) is 5.91 Å². The fourth-order valence-corrected chi connectivity index (χ4v) is 2.40. The molecule has 0 atom stereocenters. The van der Waals surface area contributed by atoms with Gasteiger partial charge in [0.15, 0.2) is 0 Å². The molecule has 2 aromatic rings. The van der Waals surface area contributed by atoms with Crippen LogP contribution in [0.2, 0.25) is 0 Å². The molecule has 136 valence electrons. The second-order valence-electron chi connectivity index (χ2n) is 5.89. The summed E-state index contributed by atoms with van der Waals surface area (Å²) in [7, 11) is 0. The molecule has 0 saturated heterocycles. The number of para-hydroxylation sites is 1. The van der Waals surface area contributed by atoms with Gasteiger partial charge in [0.2, 0.25) is 5.91 Å². The molecule has 0 spiro atoms. The van der Waals surface area contributed by atoms with E-state index in [1.807, 2.05) is 32.0 Å². The Balaban J connectivity index is 1.93. The first-order chi connectivity index (χ1) is 12.5. The lowest BCUT2D eigenvalue weighted by molar-refractivity contribution is -0.116. The van der Waals surface area contributed by atoms with Gasteiger partial charge < -0.3 is 15.4 Å². The van der Waals surface area contributed by atoms with Crippen LogP contribution in [0.15, 0.2) is 55.1 Å². The minimum atomic E-state index is -0.257. The molecule has 0 aliphatic heterocycles. The summed E-state index contributed by atoms with van der Waals surface area (Å²) in [5.41, 5.74) is 3.10. The molecule has 2 rings (SSSR count). The molecule has 0 fully saturated rings. The number of carbonyl (C=O) groups is 2. The Morgan fingerprint density at radius 2 is 1.88 bits per heavy atom. The van der Waals surface area contributed by atoms with Crippen molar-refractivity contribution in [2.24, 2.45) is 0 Å². The fourth-order valence-electron chi connectivity index (χ4n) is 2.40. The normalized spacial score (nSPS) is 10.1. The minimum Gasteiger partial charge on any atom is -0.493 e. The van der Waals surface area contributed by atoms with Crippen LogP contribution in [-0.2, 0) is 4.79 Å². The van der Waals surface area contributed by atoms with Crippen molar-refractivity contribution in [2.45, 2.75) is 20.3 Å². The van der Waals surface area contributed by atoms with E-state index in [9.17, 15) is 9.59 Å². The highest BCUT2D eigenvalue weighted by atomic mass is 16.5. The molecule has 0 bridgehead atoms. The summed E-state index contributed by atoms with van der Waals surface area (Å²) >= 11 is 0. The fraction of sp³-hybridized carbons (Fsp3) is 0.238. The molecule has 5 nitrogen and oxygen atoms in total. The van der Waals surface area contributed by atoms with Crippen molar-refractivity contribution in [3.05, 3.63) is 71.8 Å². The third-order valence-corrected chi connectivity index (χ3v) is 3.99. The topological polar surface area (TPSA) is 67.4 Å². The van der Waals surface area contributed by atoms with Crippen molar-refractivity contribution in [3.63, 3.8) is 0 Å². The highest BCUT2D eigenvalue weighted by molar-refractivity contribution is 6.03. The summed E-state index contributed by atoms with van der Waals surface area (Å²) < 4.78 is 5.71. The molecule has 0 aliphatic carbocycles. The lowest BCUT2D eigenvalue weighted by atomic mass is 10.1. The lowest BCUT2D eigenvalue weighted by Crippen LogP contribution is -2.25. The average molecular weight is 352 g/mol. The van der Waals surface area contributed by atoms with Crippen molar-refractivity contribution in [2.75, 3.05) is 18.5 Å². The van der Waals surface area contributed by atoms with E-state index in [2.05, 4.69) is 17.2 Å². The van der Waals surface area contributed by atoms with Crippen molar-refractivity contribution in [1.29, 1.82) is 0 Å². The molecule has 0 saturated carbocycles. The molecular formula is C21H24N2O3. The first-order valence-electron chi connectivity index (χ1n) is 8.50. The maximum absolute atomic E-state index is 12.2. The van der Waals surface area contributed by atoms with Crippen LogP contribution in [0.25, 0.3) is 0 Å². The summed E-state index contributed by atoms with van der Waals surface area (Å²) in [6.07, 6.45) is 1.79. The number of aryl methyl sites for hydroxylation is 1. The Morgan fingerprint density at radius 3 is 2.65 bits per heavy atom. The molecule has 0 heterocycles. The van der Waals surface area contributed by atoms with Gasteiger partial charge in [-0.1, -0.05) is 30.3 Å². The largest absolute Gasteiger partial charge is 0.493 e. The van der Waals surface area contributed by atoms with Gasteiger partial charge in [-0.3, -0.25) is 9.59 Å². The van der Waals surface area contributed by atoms with Crippen LogP contribution >= 0.6 is 0 Å². The third-order valence-electron chi connectivity index (χ3n) is 3.99. The van der Waals surface area contributed by atoms with Crippen molar-refractivity contribution in [1.82, 2.24) is 5.32 Å². The van der Waals surface area contributed by atoms with Crippen molar-refractivity contribution in [3.8, 4) is 5.75 Å². The van der Waals surface area contributed by atoms with E-state index in [0.29, 0.717) is 17.8 Å². The molecule has 26 heavy (non-hydrogen) atoms. The summed E-state index contributed by atoms with van der Waals surface area (Å²) in [5, 5.41) is 5.48. The Morgan fingerprint density at radius 1 is 1.12 bits per heavy atom. The first-order valence-corrected chi connectivity index (χ1v) is 8.50. The standard InChI is InChI=1S/C21H24N2O3/c1-4-13-22-21(25)17-9-5-6-10-18(17)23-20(24)12-14-26-19-11-7-8-15(2)16(19)3/h4-11H,1,12-14H2,2-3H3,(H,22,25)(H,23,24). The Bertz CT molecular complexity index is 800. The van der Waals surface area contributed by atoms with Crippen LogP contribution in [0.3, 0.4) is 0 Å². The predicted molar refractivity (Wildman–Crippen MR) is 104 cm³/mol. The van der Waals surface area contributed by atoms with Gasteiger partial charge in [0.1, 0.15) is 5.75 Å². The quantitative estimate of drug-likeness (QED) is 0.713. The number of ether oxygens (including phenoxy) is 1. The second kappa shape index (κ2) is 9.42. The van der Waals surface area contributed by atoms with E-state index in [1.54, 1.807) is 30.3 Å². The van der Waals surface area contributed by atoms with Gasteiger partial charge in [-0.05, 0) is 43.2 Å².